The first-order valence-electron chi connectivity index (χ1n) is 5.77. The quantitative estimate of drug-likeness (QED) is 0.822. The fraction of sp³-hybridized carbons (Fsp3) is 0.200. The van der Waals surface area contributed by atoms with Crippen LogP contribution in [0.25, 0.3) is 0 Å². The van der Waals surface area contributed by atoms with E-state index in [4.69, 9.17) is 9.84 Å². The summed E-state index contributed by atoms with van der Waals surface area (Å²) < 4.78 is 5.58. The minimum Gasteiger partial charge on any atom is -0.508 e. The Labute approximate surface area is 102 Å². The minimum absolute atomic E-state index is 0.242. The number of aryl methyl sites for hydroxylation is 1. The molecule has 2 rings (SSSR count). The molecule has 0 aliphatic carbocycles. The normalized spacial score (nSPS) is 9.12. The third-order valence-corrected chi connectivity index (χ3v) is 2.09. The fourth-order valence-electron chi connectivity index (χ4n) is 1.26. The van der Waals surface area contributed by atoms with Gasteiger partial charge in [0.25, 0.3) is 0 Å². The molecular formula is C15H18O2. The molecule has 0 aromatic heterocycles. The Kier molecular flexibility index (Phi) is 5.08. The predicted octanol–water partition coefficient (Wildman–Crippen LogP) is 4.52. The lowest BCUT2D eigenvalue weighted by molar-refractivity contribution is 0.464. The second-order valence-corrected chi connectivity index (χ2v) is 3.41. The van der Waals surface area contributed by atoms with E-state index in [1.54, 1.807) is 24.3 Å². The van der Waals surface area contributed by atoms with Gasteiger partial charge in [-0.15, -0.1) is 0 Å². The molecule has 0 radical (unpaired) electrons. The largest absolute Gasteiger partial charge is 0.508 e. The number of ether oxygens (including phenoxy) is 1. The predicted molar refractivity (Wildman–Crippen MR) is 70.7 cm³/mol. The molecule has 0 unspecified atom stereocenters. The highest BCUT2D eigenvalue weighted by atomic mass is 16.5. The lowest BCUT2D eigenvalue weighted by Gasteiger charge is -2.05. The molecule has 17 heavy (non-hydrogen) atoms. The summed E-state index contributed by atoms with van der Waals surface area (Å²) in [5, 5.41) is 9.10. The molecule has 0 saturated heterocycles. The van der Waals surface area contributed by atoms with Gasteiger partial charge in [-0.1, -0.05) is 31.5 Å². The average Bonchev–Trinajstić information content (AvgIpc) is 2.37. The molecule has 2 heteroatoms. The summed E-state index contributed by atoms with van der Waals surface area (Å²) in [6, 6.07) is 14.5. The van der Waals surface area contributed by atoms with Gasteiger partial charge in [-0.2, -0.15) is 0 Å². The maximum absolute atomic E-state index is 9.10. The van der Waals surface area contributed by atoms with E-state index in [2.05, 4.69) is 0 Å². The molecule has 0 spiro atoms. The van der Waals surface area contributed by atoms with Gasteiger partial charge in [0.1, 0.15) is 17.2 Å². The van der Waals surface area contributed by atoms with Gasteiger partial charge < -0.3 is 9.84 Å². The third kappa shape index (κ3) is 4.19. The Balaban J connectivity index is 0.000000686. The standard InChI is InChI=1S/C13H12O2.C2H6/c1-10-2-6-12(7-3-10)15-13-8-4-11(14)5-9-13;1-2/h2-9,14H,1H3;1-2H3. The Hall–Kier alpha value is -1.96. The van der Waals surface area contributed by atoms with Crippen LogP contribution in [0.2, 0.25) is 0 Å². The first kappa shape index (κ1) is 13.1. The number of aromatic hydroxyl groups is 1. The van der Waals surface area contributed by atoms with E-state index >= 15 is 0 Å². The van der Waals surface area contributed by atoms with Crippen molar-refractivity contribution in [2.75, 3.05) is 0 Å². The van der Waals surface area contributed by atoms with Crippen LogP contribution in [0.3, 0.4) is 0 Å². The van der Waals surface area contributed by atoms with Crippen molar-refractivity contribution in [1.29, 1.82) is 0 Å². The second-order valence-electron chi connectivity index (χ2n) is 3.41. The van der Waals surface area contributed by atoms with Crippen molar-refractivity contribution in [3.8, 4) is 17.2 Å². The van der Waals surface area contributed by atoms with E-state index in [-0.39, 0.29) is 5.75 Å². The van der Waals surface area contributed by atoms with Gasteiger partial charge >= 0.3 is 0 Å². The molecule has 0 amide bonds. The Morgan fingerprint density at radius 3 is 1.65 bits per heavy atom. The van der Waals surface area contributed by atoms with Gasteiger partial charge in [0.2, 0.25) is 0 Å². The second kappa shape index (κ2) is 6.59. The molecule has 2 aromatic carbocycles. The first-order chi connectivity index (χ1) is 8.24. The maximum atomic E-state index is 9.10. The van der Waals surface area contributed by atoms with E-state index in [1.165, 1.54) is 5.56 Å². The topological polar surface area (TPSA) is 29.5 Å². The van der Waals surface area contributed by atoms with E-state index in [0.717, 1.165) is 11.5 Å². The average molecular weight is 230 g/mol. The Bertz CT molecular complexity index is 386. The van der Waals surface area contributed by atoms with Gasteiger partial charge in [0.15, 0.2) is 0 Å². The van der Waals surface area contributed by atoms with Gasteiger partial charge in [0, 0.05) is 0 Å². The zero-order valence-corrected chi connectivity index (χ0v) is 10.5. The fourth-order valence-corrected chi connectivity index (χ4v) is 1.26. The Morgan fingerprint density at radius 2 is 1.18 bits per heavy atom. The first-order valence-corrected chi connectivity index (χ1v) is 5.77. The van der Waals surface area contributed by atoms with Crippen LogP contribution in [-0.4, -0.2) is 5.11 Å². The van der Waals surface area contributed by atoms with E-state index in [1.807, 2.05) is 45.0 Å². The number of rotatable bonds is 2. The van der Waals surface area contributed by atoms with Crippen LogP contribution < -0.4 is 4.74 Å². The number of benzene rings is 2. The highest BCUT2D eigenvalue weighted by molar-refractivity contribution is 5.35. The SMILES string of the molecule is CC.Cc1ccc(Oc2ccc(O)cc2)cc1. The van der Waals surface area contributed by atoms with Crippen LogP contribution >= 0.6 is 0 Å². The third-order valence-electron chi connectivity index (χ3n) is 2.09. The zero-order chi connectivity index (χ0) is 12.7. The summed E-state index contributed by atoms with van der Waals surface area (Å²) in [6.45, 7) is 6.03. The van der Waals surface area contributed by atoms with Crippen molar-refractivity contribution < 1.29 is 9.84 Å². The van der Waals surface area contributed by atoms with Gasteiger partial charge in [-0.05, 0) is 43.3 Å². The molecule has 0 aliphatic rings. The summed E-state index contributed by atoms with van der Waals surface area (Å²) >= 11 is 0. The monoisotopic (exact) mass is 230 g/mol. The molecule has 1 N–H and O–H groups in total. The van der Waals surface area contributed by atoms with Gasteiger partial charge in [0.05, 0.1) is 0 Å². The Morgan fingerprint density at radius 1 is 0.765 bits per heavy atom. The van der Waals surface area contributed by atoms with Crippen LogP contribution in [0.4, 0.5) is 0 Å². The lowest BCUT2D eigenvalue weighted by Crippen LogP contribution is -1.83. The van der Waals surface area contributed by atoms with Crippen LogP contribution in [0.1, 0.15) is 19.4 Å². The van der Waals surface area contributed by atoms with Gasteiger partial charge in [-0.3, -0.25) is 0 Å². The van der Waals surface area contributed by atoms with Crippen LogP contribution in [0.5, 0.6) is 17.2 Å². The maximum Gasteiger partial charge on any atom is 0.127 e. The minimum atomic E-state index is 0.242. The lowest BCUT2D eigenvalue weighted by atomic mass is 10.2. The summed E-state index contributed by atoms with van der Waals surface area (Å²) in [7, 11) is 0. The smallest absolute Gasteiger partial charge is 0.127 e. The molecule has 2 nitrogen and oxygen atoms in total. The van der Waals surface area contributed by atoms with Crippen molar-refractivity contribution in [3.05, 3.63) is 54.1 Å². The van der Waals surface area contributed by atoms with Crippen molar-refractivity contribution in [2.45, 2.75) is 20.8 Å². The molecule has 0 fully saturated rings. The van der Waals surface area contributed by atoms with Crippen molar-refractivity contribution in [2.24, 2.45) is 0 Å². The van der Waals surface area contributed by atoms with E-state index in [9.17, 15) is 0 Å². The van der Waals surface area contributed by atoms with E-state index in [0.29, 0.717) is 0 Å². The molecule has 90 valence electrons. The highest BCUT2D eigenvalue weighted by Crippen LogP contribution is 2.23. The van der Waals surface area contributed by atoms with Gasteiger partial charge in [-0.25, -0.2) is 0 Å². The van der Waals surface area contributed by atoms with Crippen molar-refractivity contribution in [1.82, 2.24) is 0 Å². The summed E-state index contributed by atoms with van der Waals surface area (Å²) in [6.07, 6.45) is 0. The molecular weight excluding hydrogens is 212 g/mol. The molecule has 0 aliphatic heterocycles. The zero-order valence-electron chi connectivity index (χ0n) is 10.5. The molecule has 0 bridgehead atoms. The number of phenols is 1. The van der Waals surface area contributed by atoms with Crippen molar-refractivity contribution >= 4 is 0 Å². The molecule has 0 heterocycles. The van der Waals surface area contributed by atoms with Crippen LogP contribution in [0, 0.1) is 6.92 Å². The number of hydrogen-bond donors (Lipinski definition) is 1. The highest BCUT2D eigenvalue weighted by Gasteiger charge is 1.96. The van der Waals surface area contributed by atoms with Crippen LogP contribution in [-0.2, 0) is 0 Å². The summed E-state index contributed by atoms with van der Waals surface area (Å²) in [5.74, 6) is 1.76. The summed E-state index contributed by atoms with van der Waals surface area (Å²) in [4.78, 5) is 0. The summed E-state index contributed by atoms with van der Waals surface area (Å²) in [5.41, 5.74) is 1.20. The van der Waals surface area contributed by atoms with Crippen molar-refractivity contribution in [3.63, 3.8) is 0 Å². The number of phenolic OH excluding ortho intramolecular Hbond substituents is 1. The molecule has 0 saturated carbocycles. The number of hydrogen-bond acceptors (Lipinski definition) is 2. The van der Waals surface area contributed by atoms with E-state index < -0.39 is 0 Å². The molecule has 0 atom stereocenters. The molecule has 2 aromatic rings. The van der Waals surface area contributed by atoms with Crippen LogP contribution in [0.15, 0.2) is 48.5 Å².